The molecule has 1 aromatic carbocycles. The monoisotopic (exact) mass is 364 g/mol. The molecule has 0 aliphatic carbocycles. The van der Waals surface area contributed by atoms with Gasteiger partial charge in [-0.15, -0.1) is 10.2 Å². The van der Waals surface area contributed by atoms with E-state index >= 15 is 0 Å². The summed E-state index contributed by atoms with van der Waals surface area (Å²) in [7, 11) is 0. The van der Waals surface area contributed by atoms with Crippen LogP contribution in [0.15, 0.2) is 39.0 Å². The third-order valence-corrected chi connectivity index (χ3v) is 3.61. The minimum Gasteiger partial charge on any atom is -0.183 e. The molecule has 0 amide bonds. The third-order valence-electron chi connectivity index (χ3n) is 2.27. The van der Waals surface area contributed by atoms with E-state index in [1.54, 1.807) is 30.5 Å². The van der Waals surface area contributed by atoms with Crippen LogP contribution in [0.3, 0.4) is 0 Å². The first-order chi connectivity index (χ1) is 9.43. The van der Waals surface area contributed by atoms with Crippen molar-refractivity contribution >= 4 is 33.9 Å². The zero-order valence-electron chi connectivity index (χ0n) is 10.1. The molecule has 0 saturated carbocycles. The number of thioether (sulfide) groups is 1. The van der Waals surface area contributed by atoms with Gasteiger partial charge < -0.3 is 0 Å². The molecule has 4 nitrogen and oxygen atoms in total. The van der Waals surface area contributed by atoms with E-state index in [2.05, 4.69) is 31.2 Å². The van der Waals surface area contributed by atoms with Gasteiger partial charge in [-0.2, -0.15) is 22.9 Å². The molecule has 9 heteroatoms. The third kappa shape index (κ3) is 3.21. The summed E-state index contributed by atoms with van der Waals surface area (Å²) < 4.78 is 39.8. The molecule has 2 rings (SSSR count). The fourth-order valence-electron chi connectivity index (χ4n) is 1.37. The number of rotatable bonds is 3. The molecular weight excluding hydrogens is 357 g/mol. The molecule has 1 aromatic heterocycles. The molecule has 0 spiro atoms. The first kappa shape index (κ1) is 15.0. The summed E-state index contributed by atoms with van der Waals surface area (Å²) in [5.41, 5.74) is 0.654. The van der Waals surface area contributed by atoms with Crippen LogP contribution in [0.4, 0.5) is 13.2 Å². The predicted molar refractivity (Wildman–Crippen MR) is 73.9 cm³/mol. The first-order valence-electron chi connectivity index (χ1n) is 5.29. The lowest BCUT2D eigenvalue weighted by Crippen LogP contribution is -2.13. The van der Waals surface area contributed by atoms with E-state index in [1.165, 1.54) is 6.21 Å². The zero-order chi connectivity index (χ0) is 14.8. The van der Waals surface area contributed by atoms with Crippen LogP contribution in [-0.4, -0.2) is 27.3 Å². The van der Waals surface area contributed by atoms with Crippen LogP contribution >= 0.6 is 27.7 Å². The minimum absolute atomic E-state index is 0.0700. The Morgan fingerprint density at radius 2 is 2.00 bits per heavy atom. The summed E-state index contributed by atoms with van der Waals surface area (Å²) in [5.74, 6) is -1.15. The standard InChI is InChI=1S/C11H8BrF3N4S/c1-20-10-18-17-9(11(13,14)15)19(10)16-6-7-4-2-3-5-8(7)12/h2-6H,1H3/b16-6+. The molecule has 0 fully saturated rings. The number of nitrogens with zero attached hydrogens (tertiary/aromatic N) is 4. The number of halogens is 4. The normalized spacial score (nSPS) is 12.2. The molecule has 0 unspecified atom stereocenters. The predicted octanol–water partition coefficient (Wildman–Crippen LogP) is 3.66. The van der Waals surface area contributed by atoms with Crippen molar-refractivity contribution in [2.75, 3.05) is 6.26 Å². The Morgan fingerprint density at radius 3 is 2.60 bits per heavy atom. The highest BCUT2D eigenvalue weighted by Crippen LogP contribution is 2.29. The molecule has 0 aliphatic rings. The molecule has 0 N–H and O–H groups in total. The topological polar surface area (TPSA) is 43.1 Å². The molecular formula is C11H8BrF3N4S. The first-order valence-corrected chi connectivity index (χ1v) is 7.30. The highest BCUT2D eigenvalue weighted by molar-refractivity contribution is 9.10. The Bertz CT molecular complexity index is 639. The Labute approximate surface area is 125 Å². The highest BCUT2D eigenvalue weighted by atomic mass is 79.9. The number of benzene rings is 1. The fraction of sp³-hybridized carbons (Fsp3) is 0.182. The lowest BCUT2D eigenvalue weighted by molar-refractivity contribution is -0.147. The largest absolute Gasteiger partial charge is 0.453 e. The smallest absolute Gasteiger partial charge is 0.183 e. The van der Waals surface area contributed by atoms with Gasteiger partial charge in [0, 0.05) is 10.0 Å². The average Bonchev–Trinajstić information content (AvgIpc) is 2.80. The summed E-state index contributed by atoms with van der Waals surface area (Å²) in [4.78, 5) is 0. The molecule has 2 aromatic rings. The van der Waals surface area contributed by atoms with Gasteiger partial charge in [-0.1, -0.05) is 45.9 Å². The van der Waals surface area contributed by atoms with Gasteiger partial charge in [-0.25, -0.2) is 0 Å². The van der Waals surface area contributed by atoms with Gasteiger partial charge in [0.2, 0.25) is 5.16 Å². The number of hydrogen-bond acceptors (Lipinski definition) is 4. The lowest BCUT2D eigenvalue weighted by atomic mass is 10.2. The summed E-state index contributed by atoms with van der Waals surface area (Å²) in [6, 6.07) is 7.06. The van der Waals surface area contributed by atoms with Gasteiger partial charge in [0.25, 0.3) is 5.82 Å². The quantitative estimate of drug-likeness (QED) is 0.616. The van der Waals surface area contributed by atoms with E-state index in [9.17, 15) is 13.2 Å². The number of aromatic nitrogens is 3. The van der Waals surface area contributed by atoms with Gasteiger partial charge in [0.05, 0.1) is 6.21 Å². The fourth-order valence-corrected chi connectivity index (χ4v) is 2.19. The Kier molecular flexibility index (Phi) is 4.48. The average molecular weight is 365 g/mol. The van der Waals surface area contributed by atoms with Crippen LogP contribution in [0.2, 0.25) is 0 Å². The van der Waals surface area contributed by atoms with Crippen LogP contribution < -0.4 is 0 Å². The van der Waals surface area contributed by atoms with Crippen LogP contribution in [0.25, 0.3) is 0 Å². The second-order valence-electron chi connectivity index (χ2n) is 3.59. The van der Waals surface area contributed by atoms with Crippen LogP contribution in [0.1, 0.15) is 11.4 Å². The maximum absolute atomic E-state index is 12.8. The van der Waals surface area contributed by atoms with Crippen molar-refractivity contribution in [3.63, 3.8) is 0 Å². The van der Waals surface area contributed by atoms with E-state index in [1.807, 2.05) is 0 Å². The zero-order valence-corrected chi connectivity index (χ0v) is 12.5. The minimum atomic E-state index is -4.60. The van der Waals surface area contributed by atoms with Crippen LogP contribution in [-0.2, 0) is 6.18 Å². The van der Waals surface area contributed by atoms with E-state index < -0.39 is 12.0 Å². The van der Waals surface area contributed by atoms with E-state index in [0.717, 1.165) is 16.2 Å². The molecule has 0 bridgehead atoms. The summed E-state index contributed by atoms with van der Waals surface area (Å²) in [6.45, 7) is 0. The Morgan fingerprint density at radius 1 is 1.30 bits per heavy atom. The maximum atomic E-state index is 12.8. The van der Waals surface area contributed by atoms with Gasteiger partial charge in [-0.05, 0) is 12.3 Å². The van der Waals surface area contributed by atoms with E-state index in [4.69, 9.17) is 0 Å². The van der Waals surface area contributed by atoms with Gasteiger partial charge in [-0.3, -0.25) is 0 Å². The summed E-state index contributed by atoms with van der Waals surface area (Å²) >= 11 is 4.33. The van der Waals surface area contributed by atoms with Gasteiger partial charge >= 0.3 is 6.18 Å². The second kappa shape index (κ2) is 5.96. The molecule has 20 heavy (non-hydrogen) atoms. The van der Waals surface area contributed by atoms with Crippen molar-refractivity contribution in [1.82, 2.24) is 14.9 Å². The lowest BCUT2D eigenvalue weighted by Gasteiger charge is -2.05. The van der Waals surface area contributed by atoms with Gasteiger partial charge in [0.15, 0.2) is 0 Å². The van der Waals surface area contributed by atoms with Gasteiger partial charge in [0.1, 0.15) is 0 Å². The van der Waals surface area contributed by atoms with E-state index in [0.29, 0.717) is 10.2 Å². The van der Waals surface area contributed by atoms with Crippen LogP contribution in [0.5, 0.6) is 0 Å². The SMILES string of the molecule is CSc1nnc(C(F)(F)F)n1/N=C/c1ccccc1Br. The van der Waals surface area contributed by atoms with Crippen molar-refractivity contribution in [1.29, 1.82) is 0 Å². The number of hydrogen-bond donors (Lipinski definition) is 0. The Balaban J connectivity index is 2.43. The molecule has 106 valence electrons. The van der Waals surface area contributed by atoms with Crippen molar-refractivity contribution in [3.05, 3.63) is 40.1 Å². The van der Waals surface area contributed by atoms with Crippen molar-refractivity contribution in [2.24, 2.45) is 5.10 Å². The molecule has 0 radical (unpaired) electrons. The summed E-state index contributed by atoms with van der Waals surface area (Å²) in [6.07, 6.45) is -1.68. The number of alkyl halides is 3. The molecule has 1 heterocycles. The second-order valence-corrected chi connectivity index (χ2v) is 5.21. The van der Waals surface area contributed by atoms with Crippen LogP contribution in [0, 0.1) is 0 Å². The molecule has 0 saturated heterocycles. The highest BCUT2D eigenvalue weighted by Gasteiger charge is 2.38. The summed E-state index contributed by atoms with van der Waals surface area (Å²) in [5, 5.41) is 10.5. The molecule has 0 atom stereocenters. The maximum Gasteiger partial charge on any atom is 0.453 e. The molecule has 0 aliphatic heterocycles. The van der Waals surface area contributed by atoms with Crippen molar-refractivity contribution < 1.29 is 13.2 Å². The van der Waals surface area contributed by atoms with Crippen molar-refractivity contribution in [3.8, 4) is 0 Å². The Hall–Kier alpha value is -1.35. The van der Waals surface area contributed by atoms with Crippen molar-refractivity contribution in [2.45, 2.75) is 11.3 Å². The van der Waals surface area contributed by atoms with E-state index in [-0.39, 0.29) is 5.16 Å².